The summed E-state index contributed by atoms with van der Waals surface area (Å²) >= 11 is 0. The summed E-state index contributed by atoms with van der Waals surface area (Å²) in [7, 11) is 0. The lowest BCUT2D eigenvalue weighted by molar-refractivity contribution is -0.169. The van der Waals surface area contributed by atoms with Gasteiger partial charge in [0.05, 0.1) is 22.3 Å². The maximum atomic E-state index is 12.2. The molecular weight excluding hydrogens is 456 g/mol. The fourth-order valence-corrected chi connectivity index (χ4v) is 3.86. The van der Waals surface area contributed by atoms with E-state index in [1.54, 1.807) is 24.3 Å². The molecule has 2 aliphatic rings. The first-order valence-electron chi connectivity index (χ1n) is 11.3. The molecule has 0 unspecified atom stereocenters. The average Bonchev–Trinajstić information content (AvgIpc) is 3.24. The molecule has 0 radical (unpaired) electrons. The van der Waals surface area contributed by atoms with E-state index in [2.05, 4.69) is 0 Å². The largest absolute Gasteiger partial charge is 0.333 e. The third-order valence-corrected chi connectivity index (χ3v) is 5.66. The molecule has 0 fully saturated rings. The van der Waals surface area contributed by atoms with Gasteiger partial charge < -0.3 is 9.68 Å². The molecule has 0 bridgehead atoms. The first kappa shape index (κ1) is 23.8. The lowest BCUT2D eigenvalue weighted by atomic mass is 10.1. The van der Waals surface area contributed by atoms with Crippen LogP contribution in [0.4, 0.5) is 0 Å². The van der Waals surface area contributed by atoms with Crippen LogP contribution < -0.4 is 0 Å². The van der Waals surface area contributed by atoms with Gasteiger partial charge in [-0.05, 0) is 37.1 Å². The van der Waals surface area contributed by atoms with Crippen molar-refractivity contribution < 1.29 is 38.4 Å². The maximum Gasteiger partial charge on any atom is 0.333 e. The highest BCUT2D eigenvalue weighted by atomic mass is 16.7. The van der Waals surface area contributed by atoms with Crippen molar-refractivity contribution in [2.75, 3.05) is 0 Å². The molecule has 2 aliphatic heterocycles. The number of nitrogens with zero attached hydrogens (tertiary/aromatic N) is 2. The fourth-order valence-electron chi connectivity index (χ4n) is 3.86. The van der Waals surface area contributed by atoms with Gasteiger partial charge in [0.25, 0.3) is 23.6 Å². The second kappa shape index (κ2) is 10.3. The molecule has 0 N–H and O–H groups in total. The van der Waals surface area contributed by atoms with Gasteiger partial charge in [-0.25, -0.2) is 9.59 Å². The summed E-state index contributed by atoms with van der Waals surface area (Å²) in [5.41, 5.74) is 0.803. The Balaban J connectivity index is 1.09. The summed E-state index contributed by atoms with van der Waals surface area (Å²) in [4.78, 5) is 82.8. The third-order valence-electron chi connectivity index (χ3n) is 5.66. The van der Waals surface area contributed by atoms with Gasteiger partial charge in [-0.1, -0.05) is 53.7 Å². The Bertz CT molecular complexity index is 1060. The van der Waals surface area contributed by atoms with E-state index in [0.717, 1.165) is 6.42 Å². The predicted molar refractivity (Wildman–Crippen MR) is 118 cm³/mol. The maximum absolute atomic E-state index is 12.2. The van der Waals surface area contributed by atoms with Crippen LogP contribution in [-0.2, 0) is 19.3 Å². The molecule has 10 heteroatoms. The quantitative estimate of drug-likeness (QED) is 0.376. The Labute approximate surface area is 200 Å². The van der Waals surface area contributed by atoms with Crippen molar-refractivity contribution in [3.05, 3.63) is 70.8 Å². The molecule has 2 heterocycles. The molecular formula is C25H22N2O8. The minimum absolute atomic E-state index is 0.0369. The number of fused-ring (bicyclic) bond motifs is 2. The summed E-state index contributed by atoms with van der Waals surface area (Å²) < 4.78 is 0. The Morgan fingerprint density at radius 3 is 1.11 bits per heavy atom. The number of hydrogen-bond donors (Lipinski definition) is 0. The van der Waals surface area contributed by atoms with E-state index in [0.29, 0.717) is 35.8 Å². The van der Waals surface area contributed by atoms with Gasteiger partial charge in [0.2, 0.25) is 0 Å². The normalized spacial score (nSPS) is 14.3. The zero-order chi connectivity index (χ0) is 24.9. The summed E-state index contributed by atoms with van der Waals surface area (Å²) in [6.07, 6.45) is 3.11. The molecule has 0 aliphatic carbocycles. The molecule has 2 aromatic rings. The Hall–Kier alpha value is -4.34. The molecule has 0 aromatic heterocycles. The van der Waals surface area contributed by atoms with E-state index in [1.165, 1.54) is 24.3 Å². The number of amides is 4. The van der Waals surface area contributed by atoms with E-state index in [4.69, 9.17) is 9.68 Å². The SMILES string of the molecule is O=C(CCCCCCCC(=O)ON1C(=O)c2ccccc2C1=O)ON1C(=O)c2ccccc2C1=O. The van der Waals surface area contributed by atoms with Gasteiger partial charge in [0.1, 0.15) is 0 Å². The van der Waals surface area contributed by atoms with E-state index in [-0.39, 0.29) is 35.1 Å². The van der Waals surface area contributed by atoms with Gasteiger partial charge >= 0.3 is 11.9 Å². The first-order valence-corrected chi connectivity index (χ1v) is 11.3. The zero-order valence-electron chi connectivity index (χ0n) is 18.7. The van der Waals surface area contributed by atoms with Crippen molar-refractivity contribution in [3.8, 4) is 0 Å². The van der Waals surface area contributed by atoms with Crippen molar-refractivity contribution >= 4 is 35.6 Å². The van der Waals surface area contributed by atoms with E-state index in [1.807, 2.05) is 0 Å². The van der Waals surface area contributed by atoms with Crippen LogP contribution in [0.3, 0.4) is 0 Å². The molecule has 2 aromatic carbocycles. The average molecular weight is 478 g/mol. The van der Waals surface area contributed by atoms with Crippen molar-refractivity contribution in [3.63, 3.8) is 0 Å². The number of rotatable bonds is 10. The molecule has 180 valence electrons. The molecule has 4 amide bonds. The van der Waals surface area contributed by atoms with Crippen molar-refractivity contribution in [2.45, 2.75) is 44.9 Å². The van der Waals surface area contributed by atoms with Gasteiger partial charge in [0, 0.05) is 12.8 Å². The van der Waals surface area contributed by atoms with Gasteiger partial charge in [-0.15, -0.1) is 0 Å². The summed E-state index contributed by atoms with van der Waals surface area (Å²) in [6.45, 7) is 0. The van der Waals surface area contributed by atoms with E-state index in [9.17, 15) is 28.8 Å². The number of carbonyl (C=O) groups is 6. The fraction of sp³-hybridized carbons (Fsp3) is 0.280. The lowest BCUT2D eigenvalue weighted by Gasteiger charge is -2.13. The highest BCUT2D eigenvalue weighted by molar-refractivity contribution is 6.21. The standard InChI is InChI=1S/C25H22N2O8/c28-20(34-26-22(30)16-10-6-7-11-17(16)23(26)31)14-4-2-1-3-5-15-21(29)35-27-24(32)18-12-8-9-13-19(18)25(27)33/h6-13H,1-5,14-15H2. The minimum atomic E-state index is -0.677. The summed E-state index contributed by atoms with van der Waals surface area (Å²) in [5.74, 6) is -3.99. The van der Waals surface area contributed by atoms with Crippen LogP contribution >= 0.6 is 0 Å². The van der Waals surface area contributed by atoms with Crippen LogP contribution in [0.1, 0.15) is 86.4 Å². The first-order chi connectivity index (χ1) is 16.9. The number of imide groups is 2. The minimum Gasteiger partial charge on any atom is -0.330 e. The summed E-state index contributed by atoms with van der Waals surface area (Å²) in [5, 5.41) is 0.986. The Morgan fingerprint density at radius 1 is 0.514 bits per heavy atom. The van der Waals surface area contributed by atoms with Crippen LogP contribution in [0.2, 0.25) is 0 Å². The monoisotopic (exact) mass is 478 g/mol. The third kappa shape index (κ3) is 4.96. The topological polar surface area (TPSA) is 127 Å². The lowest BCUT2D eigenvalue weighted by Crippen LogP contribution is -2.32. The Kier molecular flexibility index (Phi) is 7.00. The van der Waals surface area contributed by atoms with Gasteiger partial charge in [-0.2, -0.15) is 0 Å². The van der Waals surface area contributed by atoms with Crippen LogP contribution in [0.15, 0.2) is 48.5 Å². The number of benzene rings is 2. The molecule has 10 nitrogen and oxygen atoms in total. The predicted octanol–water partition coefficient (Wildman–Crippen LogP) is 3.23. The number of hydrogen-bond acceptors (Lipinski definition) is 8. The van der Waals surface area contributed by atoms with Gasteiger partial charge in [0.15, 0.2) is 0 Å². The highest BCUT2D eigenvalue weighted by Crippen LogP contribution is 2.24. The zero-order valence-corrected chi connectivity index (χ0v) is 18.7. The van der Waals surface area contributed by atoms with Crippen molar-refractivity contribution in [1.82, 2.24) is 10.1 Å². The molecule has 35 heavy (non-hydrogen) atoms. The van der Waals surface area contributed by atoms with Crippen molar-refractivity contribution in [1.29, 1.82) is 0 Å². The molecule has 0 spiro atoms. The van der Waals surface area contributed by atoms with Crippen LogP contribution in [0, 0.1) is 0 Å². The molecule has 4 rings (SSSR count). The Morgan fingerprint density at radius 2 is 0.800 bits per heavy atom. The van der Waals surface area contributed by atoms with Gasteiger partial charge in [-0.3, -0.25) is 19.2 Å². The second-order valence-corrected chi connectivity index (χ2v) is 8.09. The number of hydroxylamine groups is 4. The second-order valence-electron chi connectivity index (χ2n) is 8.09. The highest BCUT2D eigenvalue weighted by Gasteiger charge is 2.39. The van der Waals surface area contributed by atoms with Crippen molar-refractivity contribution in [2.24, 2.45) is 0 Å². The van der Waals surface area contributed by atoms with Crippen LogP contribution in [-0.4, -0.2) is 45.7 Å². The van der Waals surface area contributed by atoms with Crippen LogP contribution in [0.25, 0.3) is 0 Å². The molecule has 0 saturated carbocycles. The number of carbonyl (C=O) groups excluding carboxylic acids is 6. The molecule has 0 saturated heterocycles. The van der Waals surface area contributed by atoms with Crippen LogP contribution in [0.5, 0.6) is 0 Å². The smallest absolute Gasteiger partial charge is 0.330 e. The summed E-state index contributed by atoms with van der Waals surface area (Å²) in [6, 6.07) is 12.5. The molecule has 0 atom stereocenters. The number of unbranched alkanes of at least 4 members (excludes halogenated alkanes) is 4. The van der Waals surface area contributed by atoms with E-state index >= 15 is 0 Å². The van der Waals surface area contributed by atoms with E-state index < -0.39 is 35.6 Å².